The number of nitriles is 1. The molecule has 0 amide bonds. The van der Waals surface area contributed by atoms with E-state index in [0.717, 1.165) is 0 Å². The maximum Gasteiger partial charge on any atom is 0.174 e. The summed E-state index contributed by atoms with van der Waals surface area (Å²) in [6.07, 6.45) is 0.612. The van der Waals surface area contributed by atoms with Crippen molar-refractivity contribution in [1.82, 2.24) is 0 Å². The Labute approximate surface area is 88.9 Å². The standard InChI is InChI=1S/C9H13NO4S/c10-4-3-7-6-13-9(14-7)8-2-1-5-15(8,11)12/h7-9H,1-3,5-6H2. The van der Waals surface area contributed by atoms with Crippen LogP contribution < -0.4 is 0 Å². The van der Waals surface area contributed by atoms with Crippen LogP contribution in [0.2, 0.25) is 0 Å². The third-order valence-corrected chi connectivity index (χ3v) is 5.01. The van der Waals surface area contributed by atoms with Crippen LogP contribution >= 0.6 is 0 Å². The molecular formula is C9H13NO4S. The van der Waals surface area contributed by atoms with Crippen molar-refractivity contribution >= 4 is 9.84 Å². The van der Waals surface area contributed by atoms with E-state index in [9.17, 15) is 8.42 Å². The molecule has 2 aliphatic rings. The SMILES string of the molecule is N#CCC1COC(C2CCCS2(=O)=O)O1. The molecule has 6 heteroatoms. The molecule has 0 saturated carbocycles. The van der Waals surface area contributed by atoms with Crippen LogP contribution in [0.3, 0.4) is 0 Å². The monoisotopic (exact) mass is 231 g/mol. The number of nitrogens with zero attached hydrogens (tertiary/aromatic N) is 1. The summed E-state index contributed by atoms with van der Waals surface area (Å²) in [6.45, 7) is 0.324. The van der Waals surface area contributed by atoms with Crippen molar-refractivity contribution in [3.8, 4) is 6.07 Å². The number of sulfone groups is 1. The van der Waals surface area contributed by atoms with Crippen molar-refractivity contribution in [2.24, 2.45) is 0 Å². The molecule has 0 aromatic heterocycles. The zero-order valence-electron chi connectivity index (χ0n) is 8.26. The van der Waals surface area contributed by atoms with E-state index in [1.165, 1.54) is 0 Å². The van der Waals surface area contributed by atoms with Gasteiger partial charge in [0.15, 0.2) is 16.1 Å². The van der Waals surface area contributed by atoms with Crippen LogP contribution in [-0.2, 0) is 19.3 Å². The number of rotatable bonds is 2. The van der Waals surface area contributed by atoms with Gasteiger partial charge in [0.25, 0.3) is 0 Å². The molecule has 0 aromatic rings. The van der Waals surface area contributed by atoms with E-state index in [2.05, 4.69) is 0 Å². The molecule has 3 unspecified atom stereocenters. The van der Waals surface area contributed by atoms with Crippen molar-refractivity contribution < 1.29 is 17.9 Å². The molecule has 0 aromatic carbocycles. The molecule has 0 aliphatic carbocycles. The van der Waals surface area contributed by atoms with Gasteiger partial charge in [-0.25, -0.2) is 8.42 Å². The van der Waals surface area contributed by atoms with Crippen LogP contribution in [-0.4, -0.2) is 38.4 Å². The van der Waals surface area contributed by atoms with E-state index in [-0.39, 0.29) is 18.3 Å². The molecule has 2 heterocycles. The minimum absolute atomic E-state index is 0.226. The second-order valence-corrected chi connectivity index (χ2v) is 6.21. The highest BCUT2D eigenvalue weighted by atomic mass is 32.2. The Morgan fingerprint density at radius 1 is 1.47 bits per heavy atom. The Morgan fingerprint density at radius 3 is 2.87 bits per heavy atom. The largest absolute Gasteiger partial charge is 0.349 e. The van der Waals surface area contributed by atoms with Crippen LogP contribution in [0.1, 0.15) is 19.3 Å². The van der Waals surface area contributed by atoms with E-state index < -0.39 is 21.4 Å². The molecule has 2 saturated heterocycles. The van der Waals surface area contributed by atoms with Crippen molar-refractivity contribution in [2.45, 2.75) is 36.9 Å². The van der Waals surface area contributed by atoms with Gasteiger partial charge >= 0.3 is 0 Å². The van der Waals surface area contributed by atoms with Gasteiger partial charge in [0.05, 0.1) is 31.0 Å². The Bertz CT molecular complexity index is 372. The average Bonchev–Trinajstić information content (AvgIpc) is 2.72. The maximum atomic E-state index is 11.6. The van der Waals surface area contributed by atoms with Crippen molar-refractivity contribution in [3.05, 3.63) is 0 Å². The van der Waals surface area contributed by atoms with Gasteiger partial charge in [-0.3, -0.25) is 0 Å². The first-order valence-corrected chi connectivity index (χ1v) is 6.70. The molecule has 2 fully saturated rings. The summed E-state index contributed by atoms with van der Waals surface area (Å²) >= 11 is 0. The number of hydrogen-bond donors (Lipinski definition) is 0. The average molecular weight is 231 g/mol. The molecule has 0 bridgehead atoms. The van der Waals surface area contributed by atoms with E-state index >= 15 is 0 Å². The number of hydrogen-bond acceptors (Lipinski definition) is 5. The first-order chi connectivity index (χ1) is 7.13. The smallest absolute Gasteiger partial charge is 0.174 e. The zero-order valence-corrected chi connectivity index (χ0v) is 9.07. The summed E-state index contributed by atoms with van der Waals surface area (Å²) in [6, 6.07) is 1.99. The third kappa shape index (κ3) is 2.14. The summed E-state index contributed by atoms with van der Waals surface area (Å²) in [5.41, 5.74) is 0. The Kier molecular flexibility index (Phi) is 2.96. The molecule has 0 radical (unpaired) electrons. The van der Waals surface area contributed by atoms with E-state index in [0.29, 0.717) is 19.4 Å². The van der Waals surface area contributed by atoms with Gasteiger partial charge in [0.2, 0.25) is 0 Å². The topological polar surface area (TPSA) is 76.4 Å². The minimum Gasteiger partial charge on any atom is -0.349 e. The molecule has 2 aliphatic heterocycles. The molecule has 2 rings (SSSR count). The van der Waals surface area contributed by atoms with Gasteiger partial charge in [-0.05, 0) is 12.8 Å². The lowest BCUT2D eigenvalue weighted by molar-refractivity contribution is -0.0577. The fourth-order valence-corrected chi connectivity index (χ4v) is 3.88. The van der Waals surface area contributed by atoms with Crippen LogP contribution in [0.15, 0.2) is 0 Å². The first kappa shape index (κ1) is 10.9. The first-order valence-electron chi connectivity index (χ1n) is 4.99. The van der Waals surface area contributed by atoms with Gasteiger partial charge in [0, 0.05) is 0 Å². The number of ether oxygens (including phenoxy) is 2. The highest BCUT2D eigenvalue weighted by Gasteiger charge is 2.42. The Morgan fingerprint density at radius 2 is 2.27 bits per heavy atom. The second kappa shape index (κ2) is 4.08. The molecular weight excluding hydrogens is 218 g/mol. The Hall–Kier alpha value is -0.640. The van der Waals surface area contributed by atoms with Gasteiger partial charge < -0.3 is 9.47 Å². The Balaban J connectivity index is 2.00. The summed E-state index contributed by atoms with van der Waals surface area (Å²) in [4.78, 5) is 0. The van der Waals surface area contributed by atoms with E-state index in [1.54, 1.807) is 0 Å². The lowest BCUT2D eigenvalue weighted by Crippen LogP contribution is -2.32. The fraction of sp³-hybridized carbons (Fsp3) is 0.889. The highest BCUT2D eigenvalue weighted by Crippen LogP contribution is 2.29. The summed E-state index contributed by atoms with van der Waals surface area (Å²) in [5.74, 6) is 0.226. The predicted molar refractivity (Wildman–Crippen MR) is 51.7 cm³/mol. The lowest BCUT2D eigenvalue weighted by Gasteiger charge is -2.16. The maximum absolute atomic E-state index is 11.6. The zero-order chi connectivity index (χ0) is 10.9. The normalized spacial score (nSPS) is 39.0. The quantitative estimate of drug-likeness (QED) is 0.679. The van der Waals surface area contributed by atoms with Crippen LogP contribution in [0.25, 0.3) is 0 Å². The van der Waals surface area contributed by atoms with Gasteiger partial charge in [0.1, 0.15) is 5.25 Å². The van der Waals surface area contributed by atoms with Crippen molar-refractivity contribution in [1.29, 1.82) is 5.26 Å². The lowest BCUT2D eigenvalue weighted by atomic mass is 10.2. The summed E-state index contributed by atoms with van der Waals surface area (Å²) < 4.78 is 33.9. The summed E-state index contributed by atoms with van der Waals surface area (Å²) in [5, 5.41) is 7.95. The molecule has 15 heavy (non-hydrogen) atoms. The predicted octanol–water partition coefficient (Wildman–Crippen LogP) is 0.219. The van der Waals surface area contributed by atoms with Crippen molar-refractivity contribution in [2.75, 3.05) is 12.4 Å². The summed E-state index contributed by atoms with van der Waals surface area (Å²) in [7, 11) is -3.04. The fourth-order valence-electron chi connectivity index (χ4n) is 2.00. The molecule has 0 spiro atoms. The highest BCUT2D eigenvalue weighted by molar-refractivity contribution is 7.92. The van der Waals surface area contributed by atoms with Gasteiger partial charge in [-0.1, -0.05) is 0 Å². The molecule has 5 nitrogen and oxygen atoms in total. The van der Waals surface area contributed by atoms with Crippen LogP contribution in [0.4, 0.5) is 0 Å². The molecule has 3 atom stereocenters. The molecule has 0 N–H and O–H groups in total. The van der Waals surface area contributed by atoms with E-state index in [1.807, 2.05) is 6.07 Å². The van der Waals surface area contributed by atoms with Crippen molar-refractivity contribution in [3.63, 3.8) is 0 Å². The van der Waals surface area contributed by atoms with Gasteiger partial charge in [-0.15, -0.1) is 0 Å². The minimum atomic E-state index is -3.04. The van der Waals surface area contributed by atoms with Crippen LogP contribution in [0.5, 0.6) is 0 Å². The molecule has 84 valence electrons. The third-order valence-electron chi connectivity index (χ3n) is 2.77. The van der Waals surface area contributed by atoms with E-state index in [4.69, 9.17) is 14.7 Å². The van der Waals surface area contributed by atoms with Gasteiger partial charge in [-0.2, -0.15) is 5.26 Å². The van der Waals surface area contributed by atoms with Crippen LogP contribution in [0, 0.1) is 11.3 Å². The second-order valence-electron chi connectivity index (χ2n) is 3.87.